The Bertz CT molecular complexity index is 809. The SMILES string of the molecule is CC1(C(=O)Nc2ccc(Oc3cccc(C(N)=O)c3)nc2)CCCCN1.Cl.Cl. The number of ether oxygens (including phenoxy) is 1. The molecule has 2 heterocycles. The fraction of sp³-hybridized carbons (Fsp3) is 0.316. The summed E-state index contributed by atoms with van der Waals surface area (Å²) in [5, 5.41) is 6.17. The number of benzene rings is 1. The van der Waals surface area contributed by atoms with Gasteiger partial charge < -0.3 is 21.1 Å². The maximum Gasteiger partial charge on any atom is 0.248 e. The molecule has 1 unspecified atom stereocenters. The van der Waals surface area contributed by atoms with Crippen molar-refractivity contribution in [3.05, 3.63) is 48.2 Å². The Morgan fingerprint density at radius 3 is 2.61 bits per heavy atom. The Kier molecular flexibility index (Phi) is 8.68. The predicted octanol–water partition coefficient (Wildman–Crippen LogP) is 3.29. The minimum atomic E-state index is -0.553. The smallest absolute Gasteiger partial charge is 0.248 e. The van der Waals surface area contributed by atoms with Gasteiger partial charge in [0, 0.05) is 11.6 Å². The highest BCUT2D eigenvalue weighted by Gasteiger charge is 2.34. The summed E-state index contributed by atoms with van der Waals surface area (Å²) < 4.78 is 5.62. The zero-order chi connectivity index (χ0) is 18.6. The van der Waals surface area contributed by atoms with Crippen LogP contribution in [-0.4, -0.2) is 28.9 Å². The van der Waals surface area contributed by atoms with Crippen LogP contribution in [0.25, 0.3) is 0 Å². The van der Waals surface area contributed by atoms with Gasteiger partial charge >= 0.3 is 0 Å². The van der Waals surface area contributed by atoms with Gasteiger partial charge in [0.25, 0.3) is 0 Å². The van der Waals surface area contributed by atoms with Gasteiger partial charge in [-0.2, -0.15) is 0 Å². The van der Waals surface area contributed by atoms with Crippen molar-refractivity contribution in [2.75, 3.05) is 11.9 Å². The van der Waals surface area contributed by atoms with Crippen molar-refractivity contribution < 1.29 is 14.3 Å². The van der Waals surface area contributed by atoms with E-state index in [1.54, 1.807) is 36.4 Å². The second-order valence-corrected chi connectivity index (χ2v) is 6.55. The molecule has 1 aromatic carbocycles. The van der Waals surface area contributed by atoms with Crippen LogP contribution in [0.1, 0.15) is 36.5 Å². The number of hydrogen-bond donors (Lipinski definition) is 3. The van der Waals surface area contributed by atoms with E-state index in [-0.39, 0.29) is 30.7 Å². The van der Waals surface area contributed by atoms with E-state index in [0.717, 1.165) is 25.8 Å². The molecule has 2 aromatic rings. The molecule has 7 nitrogen and oxygen atoms in total. The Hall–Kier alpha value is -2.35. The molecular formula is C19H24Cl2N4O3. The normalized spacial score (nSPS) is 18.2. The van der Waals surface area contributed by atoms with Crippen LogP contribution in [0.5, 0.6) is 11.6 Å². The molecule has 0 bridgehead atoms. The first-order valence-electron chi connectivity index (χ1n) is 8.56. The van der Waals surface area contributed by atoms with Gasteiger partial charge in [0.2, 0.25) is 17.7 Å². The number of halogens is 2. The van der Waals surface area contributed by atoms with Crippen LogP contribution >= 0.6 is 24.8 Å². The molecule has 4 N–H and O–H groups in total. The molecule has 1 aliphatic heterocycles. The molecule has 3 rings (SSSR count). The number of carbonyl (C=O) groups is 2. The summed E-state index contributed by atoms with van der Waals surface area (Å²) in [5.41, 5.74) is 5.67. The number of primary amides is 1. The lowest BCUT2D eigenvalue weighted by atomic mass is 9.90. The van der Waals surface area contributed by atoms with E-state index in [9.17, 15) is 9.59 Å². The standard InChI is InChI=1S/C19H22N4O3.2ClH/c1-19(9-2-3-10-22-19)18(25)23-14-7-8-16(21-12-14)26-15-6-4-5-13(11-15)17(20)24;;/h4-8,11-12,22H,2-3,9-10H2,1H3,(H2,20,24)(H,23,25);2*1H. The summed E-state index contributed by atoms with van der Waals surface area (Å²) in [4.78, 5) is 27.9. The molecule has 1 saturated heterocycles. The molecular weight excluding hydrogens is 403 g/mol. The van der Waals surface area contributed by atoms with Gasteiger partial charge in [-0.05, 0) is 57.0 Å². The third-order valence-electron chi connectivity index (χ3n) is 4.46. The average Bonchev–Trinajstić information content (AvgIpc) is 2.64. The van der Waals surface area contributed by atoms with Crippen molar-refractivity contribution in [2.24, 2.45) is 5.73 Å². The molecule has 152 valence electrons. The van der Waals surface area contributed by atoms with Crippen molar-refractivity contribution in [1.29, 1.82) is 0 Å². The van der Waals surface area contributed by atoms with Crippen LogP contribution in [0.3, 0.4) is 0 Å². The molecule has 2 amide bonds. The van der Waals surface area contributed by atoms with E-state index in [1.165, 1.54) is 6.20 Å². The molecule has 0 saturated carbocycles. The van der Waals surface area contributed by atoms with Gasteiger partial charge in [-0.3, -0.25) is 9.59 Å². The topological polar surface area (TPSA) is 106 Å². The zero-order valence-electron chi connectivity index (χ0n) is 15.4. The van der Waals surface area contributed by atoms with Crippen molar-refractivity contribution in [3.63, 3.8) is 0 Å². The number of piperidine rings is 1. The van der Waals surface area contributed by atoms with E-state index < -0.39 is 11.4 Å². The average molecular weight is 427 g/mol. The number of nitrogens with two attached hydrogens (primary N) is 1. The predicted molar refractivity (Wildman–Crippen MR) is 113 cm³/mol. The van der Waals surface area contributed by atoms with Crippen LogP contribution in [0, 0.1) is 0 Å². The molecule has 0 spiro atoms. The van der Waals surface area contributed by atoms with Gasteiger partial charge in [-0.25, -0.2) is 4.98 Å². The first-order valence-corrected chi connectivity index (χ1v) is 8.56. The lowest BCUT2D eigenvalue weighted by Crippen LogP contribution is -2.54. The van der Waals surface area contributed by atoms with Crippen molar-refractivity contribution in [1.82, 2.24) is 10.3 Å². The minimum Gasteiger partial charge on any atom is -0.439 e. The number of anilines is 1. The van der Waals surface area contributed by atoms with Gasteiger partial charge in [0.1, 0.15) is 5.75 Å². The summed E-state index contributed by atoms with van der Waals surface area (Å²) in [6, 6.07) is 9.94. The van der Waals surface area contributed by atoms with E-state index >= 15 is 0 Å². The third-order valence-corrected chi connectivity index (χ3v) is 4.46. The zero-order valence-corrected chi connectivity index (χ0v) is 17.1. The van der Waals surface area contributed by atoms with Crippen LogP contribution in [-0.2, 0) is 4.79 Å². The summed E-state index contributed by atoms with van der Waals surface area (Å²) in [6.07, 6.45) is 4.47. The Labute approximate surface area is 176 Å². The summed E-state index contributed by atoms with van der Waals surface area (Å²) in [7, 11) is 0. The molecule has 1 fully saturated rings. The van der Waals surface area contributed by atoms with Crippen LogP contribution in [0.2, 0.25) is 0 Å². The van der Waals surface area contributed by atoms with Gasteiger partial charge in [-0.15, -0.1) is 24.8 Å². The number of nitrogens with zero attached hydrogens (tertiary/aromatic N) is 1. The molecule has 0 radical (unpaired) electrons. The number of hydrogen-bond acceptors (Lipinski definition) is 5. The second kappa shape index (κ2) is 10.3. The quantitative estimate of drug-likeness (QED) is 0.679. The number of nitrogens with one attached hydrogen (secondary N) is 2. The highest BCUT2D eigenvalue weighted by Crippen LogP contribution is 2.23. The molecule has 28 heavy (non-hydrogen) atoms. The highest BCUT2D eigenvalue weighted by molar-refractivity contribution is 5.97. The fourth-order valence-corrected chi connectivity index (χ4v) is 2.87. The monoisotopic (exact) mass is 426 g/mol. The first kappa shape index (κ1) is 23.7. The number of amides is 2. The minimum absolute atomic E-state index is 0. The fourth-order valence-electron chi connectivity index (χ4n) is 2.87. The van der Waals surface area contributed by atoms with Gasteiger partial charge in [0.05, 0.1) is 17.4 Å². The number of aromatic nitrogens is 1. The number of rotatable bonds is 5. The Morgan fingerprint density at radius 1 is 1.21 bits per heavy atom. The summed E-state index contributed by atoms with van der Waals surface area (Å²) in [6.45, 7) is 2.76. The Balaban J connectivity index is 0.00000196. The van der Waals surface area contributed by atoms with Crippen molar-refractivity contribution in [2.45, 2.75) is 31.7 Å². The Morgan fingerprint density at radius 2 is 2.00 bits per heavy atom. The molecule has 1 atom stereocenters. The van der Waals surface area contributed by atoms with Gasteiger partial charge in [-0.1, -0.05) is 6.07 Å². The van der Waals surface area contributed by atoms with E-state index in [4.69, 9.17) is 10.5 Å². The number of carbonyl (C=O) groups excluding carboxylic acids is 2. The maximum absolute atomic E-state index is 12.5. The molecule has 0 aliphatic carbocycles. The second-order valence-electron chi connectivity index (χ2n) is 6.55. The van der Waals surface area contributed by atoms with E-state index in [0.29, 0.717) is 22.9 Å². The van der Waals surface area contributed by atoms with E-state index in [2.05, 4.69) is 15.6 Å². The van der Waals surface area contributed by atoms with Crippen LogP contribution in [0.15, 0.2) is 42.6 Å². The van der Waals surface area contributed by atoms with Crippen LogP contribution < -0.4 is 21.1 Å². The molecule has 9 heteroatoms. The number of pyridine rings is 1. The van der Waals surface area contributed by atoms with Crippen LogP contribution in [0.4, 0.5) is 5.69 Å². The maximum atomic E-state index is 12.5. The summed E-state index contributed by atoms with van der Waals surface area (Å²) >= 11 is 0. The molecule has 1 aromatic heterocycles. The summed E-state index contributed by atoms with van der Waals surface area (Å²) in [5.74, 6) is 0.226. The molecule has 1 aliphatic rings. The lowest BCUT2D eigenvalue weighted by molar-refractivity contribution is -0.122. The van der Waals surface area contributed by atoms with E-state index in [1.807, 2.05) is 6.92 Å². The largest absolute Gasteiger partial charge is 0.439 e. The van der Waals surface area contributed by atoms with Crippen molar-refractivity contribution in [3.8, 4) is 11.6 Å². The first-order chi connectivity index (χ1) is 12.5. The lowest BCUT2D eigenvalue weighted by Gasteiger charge is -2.33. The third kappa shape index (κ3) is 5.82. The van der Waals surface area contributed by atoms with Gasteiger partial charge in [0.15, 0.2) is 0 Å². The van der Waals surface area contributed by atoms with Crippen molar-refractivity contribution >= 4 is 42.3 Å². The highest BCUT2D eigenvalue weighted by atomic mass is 35.5.